The second-order valence-electron chi connectivity index (χ2n) is 5.75. The molecule has 21 heavy (non-hydrogen) atoms. The van der Waals surface area contributed by atoms with Crippen molar-refractivity contribution in [3.8, 4) is 0 Å². The molecule has 0 saturated heterocycles. The molecule has 0 radical (unpaired) electrons. The first-order valence-electron chi connectivity index (χ1n) is 6.58. The highest BCUT2D eigenvalue weighted by atomic mass is 32.1. The van der Waals surface area contributed by atoms with Gasteiger partial charge in [0.1, 0.15) is 11.6 Å². The molecule has 0 amide bonds. The topological polar surface area (TPSA) is 65.4 Å². The molecule has 0 N–H and O–H groups in total. The lowest BCUT2D eigenvalue weighted by molar-refractivity contribution is -0.158. The van der Waals surface area contributed by atoms with Gasteiger partial charge in [0.15, 0.2) is 0 Å². The van der Waals surface area contributed by atoms with E-state index in [1.807, 2.05) is 0 Å². The van der Waals surface area contributed by atoms with Gasteiger partial charge in [-0.25, -0.2) is 4.79 Å². The number of carbonyl (C=O) groups excluding carboxylic acids is 1. The van der Waals surface area contributed by atoms with E-state index in [4.69, 9.17) is 4.74 Å². The van der Waals surface area contributed by atoms with Gasteiger partial charge >= 0.3 is 10.8 Å². The first kappa shape index (κ1) is 15.4. The molecule has 1 heterocycles. The Morgan fingerprint density at radius 1 is 1.24 bits per heavy atom. The Hall–Kier alpha value is -1.95. The molecule has 0 aliphatic rings. The maximum atomic E-state index is 12.4. The molecule has 0 bridgehead atoms. The van der Waals surface area contributed by atoms with Crippen molar-refractivity contribution in [1.82, 2.24) is 4.57 Å². The summed E-state index contributed by atoms with van der Waals surface area (Å²) < 4.78 is 6.81. The third-order valence-electron chi connectivity index (χ3n) is 2.87. The van der Waals surface area contributed by atoms with Crippen LogP contribution in [0.5, 0.6) is 0 Å². The molecule has 2 aromatic rings. The van der Waals surface area contributed by atoms with Gasteiger partial charge in [0.2, 0.25) is 0 Å². The van der Waals surface area contributed by atoms with Crippen LogP contribution in [0.2, 0.25) is 0 Å². The SMILES string of the molecule is CC(C(=O)OC(C)(C)C)n1c(=O)sc2ccccc2c1=O. The molecule has 1 aromatic carbocycles. The Labute approximate surface area is 125 Å². The van der Waals surface area contributed by atoms with Gasteiger partial charge in [0, 0.05) is 4.70 Å². The summed E-state index contributed by atoms with van der Waals surface area (Å²) in [4.78, 5) is 36.2. The van der Waals surface area contributed by atoms with Gasteiger partial charge in [-0.1, -0.05) is 23.5 Å². The largest absolute Gasteiger partial charge is 0.458 e. The van der Waals surface area contributed by atoms with Crippen LogP contribution >= 0.6 is 11.3 Å². The van der Waals surface area contributed by atoms with Crippen molar-refractivity contribution in [2.75, 3.05) is 0 Å². The van der Waals surface area contributed by atoms with Crippen LogP contribution in [0.3, 0.4) is 0 Å². The summed E-state index contributed by atoms with van der Waals surface area (Å²) in [5.41, 5.74) is -1.13. The number of esters is 1. The maximum absolute atomic E-state index is 12.4. The summed E-state index contributed by atoms with van der Waals surface area (Å²) in [6.45, 7) is 6.71. The van der Waals surface area contributed by atoms with Gasteiger partial charge in [0.25, 0.3) is 5.56 Å². The second kappa shape index (κ2) is 5.44. The van der Waals surface area contributed by atoms with E-state index >= 15 is 0 Å². The second-order valence-corrected chi connectivity index (χ2v) is 6.74. The van der Waals surface area contributed by atoms with Crippen molar-refractivity contribution in [2.45, 2.75) is 39.3 Å². The van der Waals surface area contributed by atoms with Crippen molar-refractivity contribution < 1.29 is 9.53 Å². The van der Waals surface area contributed by atoms with Crippen LogP contribution in [0.1, 0.15) is 33.7 Å². The van der Waals surface area contributed by atoms with Crippen molar-refractivity contribution in [1.29, 1.82) is 0 Å². The van der Waals surface area contributed by atoms with E-state index in [2.05, 4.69) is 0 Å². The van der Waals surface area contributed by atoms with E-state index in [1.165, 1.54) is 6.92 Å². The van der Waals surface area contributed by atoms with Gasteiger partial charge in [-0.3, -0.25) is 14.2 Å². The summed E-state index contributed by atoms with van der Waals surface area (Å²) in [7, 11) is 0. The van der Waals surface area contributed by atoms with E-state index < -0.39 is 28.0 Å². The van der Waals surface area contributed by atoms with Crippen LogP contribution < -0.4 is 10.4 Å². The number of ether oxygens (including phenoxy) is 1. The van der Waals surface area contributed by atoms with E-state index in [1.54, 1.807) is 45.0 Å². The minimum Gasteiger partial charge on any atom is -0.458 e. The molecule has 2 rings (SSSR count). The van der Waals surface area contributed by atoms with Crippen molar-refractivity contribution in [3.63, 3.8) is 0 Å². The molecular weight excluding hydrogens is 290 g/mol. The highest BCUT2D eigenvalue weighted by molar-refractivity contribution is 7.16. The molecule has 0 spiro atoms. The Kier molecular flexibility index (Phi) is 4.00. The number of rotatable bonds is 2. The summed E-state index contributed by atoms with van der Waals surface area (Å²) in [5.74, 6) is -0.593. The number of nitrogens with zero attached hydrogens (tertiary/aromatic N) is 1. The van der Waals surface area contributed by atoms with Gasteiger partial charge < -0.3 is 4.74 Å². The van der Waals surface area contributed by atoms with E-state index in [9.17, 15) is 14.4 Å². The zero-order valence-electron chi connectivity index (χ0n) is 12.4. The minimum absolute atomic E-state index is 0.428. The van der Waals surface area contributed by atoms with Crippen molar-refractivity contribution >= 4 is 27.4 Å². The van der Waals surface area contributed by atoms with Crippen LogP contribution in [0.25, 0.3) is 10.1 Å². The summed E-state index contributed by atoms with van der Waals surface area (Å²) in [6, 6.07) is 5.89. The van der Waals surface area contributed by atoms with Gasteiger partial charge in [-0.15, -0.1) is 0 Å². The lowest BCUT2D eigenvalue weighted by Crippen LogP contribution is -2.39. The lowest BCUT2D eigenvalue weighted by atomic mass is 10.2. The summed E-state index contributed by atoms with van der Waals surface area (Å²) in [5, 5.41) is 0.428. The molecule has 0 saturated carbocycles. The third kappa shape index (κ3) is 3.21. The fourth-order valence-corrected chi connectivity index (χ4v) is 2.85. The Bertz CT molecular complexity index is 798. The fourth-order valence-electron chi connectivity index (χ4n) is 1.91. The Balaban J connectivity index is 2.54. The highest BCUT2D eigenvalue weighted by Gasteiger charge is 2.25. The molecular formula is C15H17NO4S. The zero-order chi connectivity index (χ0) is 15.8. The standard InChI is InChI=1S/C15H17NO4S/c1-9(13(18)20-15(2,3)4)16-12(17)10-7-5-6-8-11(10)21-14(16)19/h5-9H,1-4H3. The number of carbonyl (C=O) groups is 1. The number of fused-ring (bicyclic) bond motifs is 1. The quantitative estimate of drug-likeness (QED) is 0.799. The molecule has 6 heteroatoms. The molecule has 0 fully saturated rings. The lowest BCUT2D eigenvalue weighted by Gasteiger charge is -2.22. The predicted octanol–water partition coefficient (Wildman–Crippen LogP) is 2.33. The fraction of sp³-hybridized carbons (Fsp3) is 0.400. The first-order chi connectivity index (χ1) is 9.70. The van der Waals surface area contributed by atoms with Crippen LogP contribution in [-0.2, 0) is 9.53 Å². The molecule has 5 nitrogen and oxygen atoms in total. The van der Waals surface area contributed by atoms with Crippen LogP contribution in [0.15, 0.2) is 33.9 Å². The van der Waals surface area contributed by atoms with Crippen LogP contribution in [0.4, 0.5) is 0 Å². The van der Waals surface area contributed by atoms with Crippen molar-refractivity contribution in [2.24, 2.45) is 0 Å². The van der Waals surface area contributed by atoms with Gasteiger partial charge in [0.05, 0.1) is 5.39 Å². The number of aromatic nitrogens is 1. The van der Waals surface area contributed by atoms with E-state index in [-0.39, 0.29) is 0 Å². The average molecular weight is 307 g/mol. The van der Waals surface area contributed by atoms with Crippen molar-refractivity contribution in [3.05, 3.63) is 44.3 Å². The molecule has 0 aliphatic carbocycles. The normalized spacial score (nSPS) is 13.1. The van der Waals surface area contributed by atoms with Gasteiger partial charge in [-0.2, -0.15) is 0 Å². The molecule has 1 unspecified atom stereocenters. The smallest absolute Gasteiger partial charge is 0.329 e. The maximum Gasteiger partial charge on any atom is 0.329 e. The van der Waals surface area contributed by atoms with Crippen LogP contribution in [0, 0.1) is 0 Å². The number of hydrogen-bond acceptors (Lipinski definition) is 5. The molecule has 1 aromatic heterocycles. The Morgan fingerprint density at radius 3 is 2.48 bits per heavy atom. The number of hydrogen-bond donors (Lipinski definition) is 0. The summed E-state index contributed by atoms with van der Waals surface area (Å²) >= 11 is 0.946. The summed E-state index contributed by atoms with van der Waals surface area (Å²) in [6.07, 6.45) is 0. The van der Waals surface area contributed by atoms with E-state index in [0.717, 1.165) is 15.9 Å². The molecule has 112 valence electrons. The Morgan fingerprint density at radius 2 is 1.86 bits per heavy atom. The first-order valence-corrected chi connectivity index (χ1v) is 7.39. The molecule has 0 aliphatic heterocycles. The van der Waals surface area contributed by atoms with Crippen LogP contribution in [-0.4, -0.2) is 16.1 Å². The number of benzene rings is 1. The predicted molar refractivity (Wildman–Crippen MR) is 82.9 cm³/mol. The average Bonchev–Trinajstić information content (AvgIpc) is 2.36. The van der Waals surface area contributed by atoms with E-state index in [0.29, 0.717) is 10.1 Å². The third-order valence-corrected chi connectivity index (χ3v) is 3.81. The highest BCUT2D eigenvalue weighted by Crippen LogP contribution is 2.15. The monoisotopic (exact) mass is 307 g/mol. The van der Waals surface area contributed by atoms with Gasteiger partial charge in [-0.05, 0) is 39.8 Å². The zero-order valence-corrected chi connectivity index (χ0v) is 13.2. The molecule has 1 atom stereocenters. The minimum atomic E-state index is -0.954.